The summed E-state index contributed by atoms with van der Waals surface area (Å²) in [6.45, 7) is 3.20. The first-order chi connectivity index (χ1) is 12.2. The van der Waals surface area contributed by atoms with E-state index in [4.69, 9.17) is 16.3 Å². The number of ether oxygens (including phenoxy) is 2. The maximum atomic E-state index is 13.6. The molecule has 0 fully saturated rings. The Morgan fingerprint density at radius 1 is 1.31 bits per heavy atom. The number of amides is 1. The SMILES string of the molecule is COC(=O)[C@H](CC(C)C)NC(=O)COC(=O)/C=C/c1c(F)cccc1Cl. The number of carbonyl (C=O) groups is 3. The van der Waals surface area contributed by atoms with E-state index in [1.165, 1.54) is 25.3 Å². The van der Waals surface area contributed by atoms with Crippen molar-refractivity contribution in [2.45, 2.75) is 26.3 Å². The molecule has 0 saturated carbocycles. The van der Waals surface area contributed by atoms with Gasteiger partial charge in [0.25, 0.3) is 5.91 Å². The van der Waals surface area contributed by atoms with Gasteiger partial charge in [-0.1, -0.05) is 31.5 Å². The first-order valence-electron chi connectivity index (χ1n) is 7.90. The van der Waals surface area contributed by atoms with Gasteiger partial charge in [-0.25, -0.2) is 14.0 Å². The van der Waals surface area contributed by atoms with Gasteiger partial charge in [-0.15, -0.1) is 0 Å². The zero-order valence-electron chi connectivity index (χ0n) is 14.8. The van der Waals surface area contributed by atoms with E-state index in [1.807, 2.05) is 13.8 Å². The van der Waals surface area contributed by atoms with Crippen LogP contribution in [0.2, 0.25) is 5.02 Å². The Labute approximate surface area is 156 Å². The Kier molecular flexibility index (Phi) is 8.78. The number of halogens is 2. The number of benzene rings is 1. The topological polar surface area (TPSA) is 81.7 Å². The van der Waals surface area contributed by atoms with Crippen molar-refractivity contribution < 1.29 is 28.2 Å². The zero-order chi connectivity index (χ0) is 19.7. The second-order valence-electron chi connectivity index (χ2n) is 5.85. The van der Waals surface area contributed by atoms with Crippen molar-refractivity contribution in [3.63, 3.8) is 0 Å². The fourth-order valence-corrected chi connectivity index (χ4v) is 2.30. The van der Waals surface area contributed by atoms with Gasteiger partial charge < -0.3 is 14.8 Å². The standard InChI is InChI=1S/C18H21ClFNO5/c1-11(2)9-15(18(24)25-3)21-16(22)10-26-17(23)8-7-12-13(19)5-4-6-14(12)20/h4-8,11,15H,9-10H2,1-3H3,(H,21,22)/b8-7+/t15-/m0/s1. The molecular weight excluding hydrogens is 365 g/mol. The van der Waals surface area contributed by atoms with E-state index < -0.39 is 36.3 Å². The minimum absolute atomic E-state index is 0.0401. The minimum atomic E-state index is -0.849. The van der Waals surface area contributed by atoms with Crippen LogP contribution >= 0.6 is 11.6 Å². The molecule has 1 aromatic rings. The summed E-state index contributed by atoms with van der Waals surface area (Å²) < 4.78 is 23.0. The molecule has 1 atom stereocenters. The number of methoxy groups -OCH3 is 1. The molecule has 0 spiro atoms. The van der Waals surface area contributed by atoms with Crippen LogP contribution in [0.4, 0.5) is 4.39 Å². The summed E-state index contributed by atoms with van der Waals surface area (Å²) in [5.74, 6) is -2.51. The van der Waals surface area contributed by atoms with Gasteiger partial charge in [0.15, 0.2) is 6.61 Å². The highest BCUT2D eigenvalue weighted by molar-refractivity contribution is 6.32. The molecule has 6 nitrogen and oxygen atoms in total. The summed E-state index contributed by atoms with van der Waals surface area (Å²) in [5.41, 5.74) is 0.0401. The zero-order valence-corrected chi connectivity index (χ0v) is 15.5. The van der Waals surface area contributed by atoms with E-state index in [9.17, 15) is 18.8 Å². The molecule has 0 aliphatic heterocycles. The highest BCUT2D eigenvalue weighted by Crippen LogP contribution is 2.20. The lowest BCUT2D eigenvalue weighted by molar-refractivity contribution is -0.148. The van der Waals surface area contributed by atoms with Gasteiger partial charge >= 0.3 is 11.9 Å². The van der Waals surface area contributed by atoms with Crippen molar-refractivity contribution in [3.8, 4) is 0 Å². The molecule has 0 saturated heterocycles. The maximum Gasteiger partial charge on any atom is 0.331 e. The maximum absolute atomic E-state index is 13.6. The van der Waals surface area contributed by atoms with Crippen molar-refractivity contribution in [3.05, 3.63) is 40.7 Å². The number of hydrogen-bond donors (Lipinski definition) is 1. The van der Waals surface area contributed by atoms with Gasteiger partial charge in [-0.2, -0.15) is 0 Å². The summed E-state index contributed by atoms with van der Waals surface area (Å²) in [4.78, 5) is 35.1. The fraction of sp³-hybridized carbons (Fsp3) is 0.389. The van der Waals surface area contributed by atoms with Crippen LogP contribution in [0.15, 0.2) is 24.3 Å². The molecule has 0 aliphatic carbocycles. The van der Waals surface area contributed by atoms with Crippen LogP contribution in [0, 0.1) is 11.7 Å². The first kappa shape index (κ1) is 21.6. The molecule has 1 amide bonds. The van der Waals surface area contributed by atoms with E-state index in [0.29, 0.717) is 6.42 Å². The van der Waals surface area contributed by atoms with Crippen LogP contribution in [0.25, 0.3) is 6.08 Å². The van der Waals surface area contributed by atoms with E-state index in [2.05, 4.69) is 10.1 Å². The fourth-order valence-electron chi connectivity index (χ4n) is 2.07. The Balaban J connectivity index is 2.56. The molecule has 1 rings (SSSR count). The molecule has 0 aliphatic rings. The second kappa shape index (κ2) is 10.6. The summed E-state index contributed by atoms with van der Waals surface area (Å²) >= 11 is 5.83. The van der Waals surface area contributed by atoms with E-state index in [-0.39, 0.29) is 16.5 Å². The first-order valence-corrected chi connectivity index (χ1v) is 8.28. The molecule has 1 aromatic carbocycles. The van der Waals surface area contributed by atoms with E-state index in [1.54, 1.807) is 0 Å². The third kappa shape index (κ3) is 7.23. The monoisotopic (exact) mass is 385 g/mol. The summed E-state index contributed by atoms with van der Waals surface area (Å²) in [5, 5.41) is 2.59. The van der Waals surface area contributed by atoms with Crippen LogP contribution in [0.5, 0.6) is 0 Å². The highest BCUT2D eigenvalue weighted by Gasteiger charge is 2.22. The highest BCUT2D eigenvalue weighted by atomic mass is 35.5. The largest absolute Gasteiger partial charge is 0.467 e. The van der Waals surface area contributed by atoms with Gasteiger partial charge in [0, 0.05) is 11.6 Å². The lowest BCUT2D eigenvalue weighted by atomic mass is 10.0. The summed E-state index contributed by atoms with van der Waals surface area (Å²) in [6.07, 6.45) is 2.51. The predicted molar refractivity (Wildman–Crippen MR) is 94.8 cm³/mol. The number of nitrogens with one attached hydrogen (secondary N) is 1. The number of carbonyl (C=O) groups excluding carboxylic acids is 3. The second-order valence-corrected chi connectivity index (χ2v) is 6.26. The third-order valence-corrected chi connectivity index (χ3v) is 3.59. The normalized spacial score (nSPS) is 12.1. The van der Waals surface area contributed by atoms with Gasteiger partial charge in [0.2, 0.25) is 0 Å². The van der Waals surface area contributed by atoms with Crippen molar-refractivity contribution in [2.75, 3.05) is 13.7 Å². The quantitative estimate of drug-likeness (QED) is 0.549. The Bertz CT molecular complexity index is 670. The van der Waals surface area contributed by atoms with Crippen LogP contribution < -0.4 is 5.32 Å². The van der Waals surface area contributed by atoms with Gasteiger partial charge in [0.05, 0.1) is 12.1 Å². The molecule has 0 radical (unpaired) electrons. The molecule has 1 N–H and O–H groups in total. The average molecular weight is 386 g/mol. The molecule has 26 heavy (non-hydrogen) atoms. The Morgan fingerprint density at radius 2 is 2.00 bits per heavy atom. The molecule has 0 heterocycles. The van der Waals surface area contributed by atoms with Crippen molar-refractivity contribution in [1.29, 1.82) is 0 Å². The van der Waals surface area contributed by atoms with Gasteiger partial charge in [0.1, 0.15) is 11.9 Å². The van der Waals surface area contributed by atoms with Gasteiger partial charge in [-0.05, 0) is 30.5 Å². The number of rotatable bonds is 8. The average Bonchev–Trinajstić information content (AvgIpc) is 2.57. The van der Waals surface area contributed by atoms with Crippen LogP contribution in [0.1, 0.15) is 25.8 Å². The third-order valence-electron chi connectivity index (χ3n) is 3.26. The van der Waals surface area contributed by atoms with Crippen molar-refractivity contribution in [1.82, 2.24) is 5.32 Å². The minimum Gasteiger partial charge on any atom is -0.467 e. The van der Waals surface area contributed by atoms with Gasteiger partial charge in [-0.3, -0.25) is 4.79 Å². The van der Waals surface area contributed by atoms with E-state index in [0.717, 1.165) is 12.2 Å². The molecule has 0 aromatic heterocycles. The number of esters is 2. The summed E-state index contributed by atoms with van der Waals surface area (Å²) in [6, 6.07) is 3.29. The molecule has 0 unspecified atom stereocenters. The Hall–Kier alpha value is -2.41. The molecule has 142 valence electrons. The van der Waals surface area contributed by atoms with Crippen molar-refractivity contribution >= 4 is 35.5 Å². The summed E-state index contributed by atoms with van der Waals surface area (Å²) in [7, 11) is 1.22. The molecule has 8 heteroatoms. The molecule has 0 bridgehead atoms. The van der Waals surface area contributed by atoms with E-state index >= 15 is 0 Å². The lowest BCUT2D eigenvalue weighted by Gasteiger charge is -2.18. The van der Waals surface area contributed by atoms with Crippen LogP contribution in [0.3, 0.4) is 0 Å². The number of hydrogen-bond acceptors (Lipinski definition) is 5. The predicted octanol–water partition coefficient (Wildman–Crippen LogP) is 2.74. The van der Waals surface area contributed by atoms with Crippen LogP contribution in [-0.2, 0) is 23.9 Å². The lowest BCUT2D eigenvalue weighted by Crippen LogP contribution is -2.44. The smallest absolute Gasteiger partial charge is 0.331 e. The Morgan fingerprint density at radius 3 is 2.58 bits per heavy atom. The van der Waals surface area contributed by atoms with Crippen LogP contribution in [-0.4, -0.2) is 37.6 Å². The molecular formula is C18H21ClFNO5. The van der Waals surface area contributed by atoms with Crippen molar-refractivity contribution in [2.24, 2.45) is 5.92 Å².